The fourth-order valence-corrected chi connectivity index (χ4v) is 1.12. The van der Waals surface area contributed by atoms with Crippen molar-refractivity contribution in [1.29, 1.82) is 0 Å². The summed E-state index contributed by atoms with van der Waals surface area (Å²) in [6.07, 6.45) is 1.73. The molecule has 0 radical (unpaired) electrons. The Kier molecular flexibility index (Phi) is 4.69. The van der Waals surface area contributed by atoms with Crippen molar-refractivity contribution in [2.75, 3.05) is 0 Å². The summed E-state index contributed by atoms with van der Waals surface area (Å²) in [6.45, 7) is 1.72. The number of amides is 1. The molecule has 1 amide bonds. The van der Waals surface area contributed by atoms with Crippen LogP contribution in [0.1, 0.15) is 18.9 Å². The maximum Gasteiger partial charge on any atom is 0.489 e. The van der Waals surface area contributed by atoms with Crippen LogP contribution >= 0.6 is 0 Å². The van der Waals surface area contributed by atoms with E-state index in [9.17, 15) is 4.79 Å². The van der Waals surface area contributed by atoms with Gasteiger partial charge in [-0.15, -0.1) is 0 Å². The average molecular weight is 220 g/mol. The zero-order valence-corrected chi connectivity index (χ0v) is 8.92. The van der Waals surface area contributed by atoms with Crippen LogP contribution in [-0.2, 0) is 4.79 Å². The average Bonchev–Trinajstić information content (AvgIpc) is 2.29. The lowest BCUT2D eigenvalue weighted by molar-refractivity contribution is -0.120. The molecule has 3 N–H and O–H groups in total. The summed E-state index contributed by atoms with van der Waals surface area (Å²) >= 11 is 0. The van der Waals surface area contributed by atoms with E-state index in [0.29, 0.717) is 17.4 Å². The van der Waals surface area contributed by atoms with E-state index in [2.05, 4.69) is 10.5 Å². The van der Waals surface area contributed by atoms with Gasteiger partial charge in [-0.05, 0) is 11.0 Å². The molecule has 0 spiro atoms. The molecule has 16 heavy (non-hydrogen) atoms. The third-order valence-electron chi connectivity index (χ3n) is 1.99. The van der Waals surface area contributed by atoms with E-state index in [1.807, 2.05) is 0 Å². The van der Waals surface area contributed by atoms with Gasteiger partial charge in [-0.1, -0.05) is 31.2 Å². The summed E-state index contributed by atoms with van der Waals surface area (Å²) in [5.41, 5.74) is 3.21. The lowest BCUT2D eigenvalue weighted by Gasteiger charge is -2.03. The number of benzene rings is 1. The second-order valence-corrected chi connectivity index (χ2v) is 3.15. The van der Waals surface area contributed by atoms with E-state index < -0.39 is 7.12 Å². The molecule has 0 aliphatic rings. The van der Waals surface area contributed by atoms with Crippen LogP contribution in [0.25, 0.3) is 0 Å². The third-order valence-corrected chi connectivity index (χ3v) is 1.99. The van der Waals surface area contributed by atoms with Gasteiger partial charge in [0.25, 0.3) is 0 Å². The lowest BCUT2D eigenvalue weighted by atomic mass is 9.77. The van der Waals surface area contributed by atoms with Gasteiger partial charge in [0.15, 0.2) is 0 Å². The van der Waals surface area contributed by atoms with Crippen LogP contribution in [0.2, 0.25) is 0 Å². The van der Waals surface area contributed by atoms with Crippen LogP contribution in [0, 0.1) is 0 Å². The van der Waals surface area contributed by atoms with E-state index in [1.165, 1.54) is 6.21 Å². The fraction of sp³-hybridized carbons (Fsp3) is 0.200. The van der Waals surface area contributed by atoms with Gasteiger partial charge in [0.1, 0.15) is 0 Å². The van der Waals surface area contributed by atoms with Crippen molar-refractivity contribution >= 4 is 24.7 Å². The Balaban J connectivity index is 2.76. The Morgan fingerprint density at radius 3 is 2.81 bits per heavy atom. The van der Waals surface area contributed by atoms with Crippen molar-refractivity contribution in [1.82, 2.24) is 5.43 Å². The van der Waals surface area contributed by atoms with E-state index in [1.54, 1.807) is 31.2 Å². The fourth-order valence-electron chi connectivity index (χ4n) is 1.12. The number of hydrogen-bond donors (Lipinski definition) is 3. The SMILES string of the molecule is CCC(=O)N/N=C/c1ccccc1B(O)O. The van der Waals surface area contributed by atoms with Crippen molar-refractivity contribution in [3.63, 3.8) is 0 Å². The normalized spacial score (nSPS) is 10.4. The number of carbonyl (C=O) groups excluding carboxylic acids is 1. The Morgan fingerprint density at radius 2 is 2.19 bits per heavy atom. The lowest BCUT2D eigenvalue weighted by Crippen LogP contribution is -2.33. The van der Waals surface area contributed by atoms with Crippen LogP contribution in [0.5, 0.6) is 0 Å². The minimum Gasteiger partial charge on any atom is -0.423 e. The molecular formula is C10H13BN2O3. The van der Waals surface area contributed by atoms with E-state index in [-0.39, 0.29) is 5.91 Å². The second kappa shape index (κ2) is 6.04. The molecule has 1 aromatic rings. The molecule has 1 rings (SSSR count). The number of hydrazone groups is 1. The van der Waals surface area contributed by atoms with Gasteiger partial charge in [-0.2, -0.15) is 5.10 Å². The second-order valence-electron chi connectivity index (χ2n) is 3.15. The molecule has 0 aromatic heterocycles. The van der Waals surface area contributed by atoms with Crippen molar-refractivity contribution in [3.8, 4) is 0 Å². The van der Waals surface area contributed by atoms with Gasteiger partial charge >= 0.3 is 7.12 Å². The van der Waals surface area contributed by atoms with Gasteiger partial charge in [0.05, 0.1) is 6.21 Å². The van der Waals surface area contributed by atoms with E-state index in [0.717, 1.165) is 0 Å². The van der Waals surface area contributed by atoms with E-state index in [4.69, 9.17) is 10.0 Å². The molecule has 5 nitrogen and oxygen atoms in total. The molecule has 0 aliphatic heterocycles. The molecule has 0 atom stereocenters. The highest BCUT2D eigenvalue weighted by Crippen LogP contribution is 1.93. The number of carbonyl (C=O) groups is 1. The monoisotopic (exact) mass is 220 g/mol. The molecule has 0 saturated carbocycles. The zero-order chi connectivity index (χ0) is 12.0. The Labute approximate surface area is 93.9 Å². The summed E-state index contributed by atoms with van der Waals surface area (Å²) in [5.74, 6) is -0.196. The topological polar surface area (TPSA) is 81.9 Å². The van der Waals surface area contributed by atoms with Gasteiger partial charge in [0.2, 0.25) is 5.91 Å². The zero-order valence-electron chi connectivity index (χ0n) is 8.92. The quantitative estimate of drug-likeness (QED) is 0.354. The molecule has 0 fully saturated rings. The molecule has 84 valence electrons. The molecule has 0 heterocycles. The molecule has 0 unspecified atom stereocenters. The Morgan fingerprint density at radius 1 is 1.50 bits per heavy atom. The molecule has 0 bridgehead atoms. The smallest absolute Gasteiger partial charge is 0.423 e. The minimum atomic E-state index is -1.55. The summed E-state index contributed by atoms with van der Waals surface area (Å²) < 4.78 is 0. The van der Waals surface area contributed by atoms with Gasteiger partial charge < -0.3 is 10.0 Å². The van der Waals surface area contributed by atoms with Crippen LogP contribution in [0.3, 0.4) is 0 Å². The maximum absolute atomic E-state index is 10.9. The van der Waals surface area contributed by atoms with Crippen LogP contribution in [0.15, 0.2) is 29.4 Å². The standard InChI is InChI=1S/C10H13BN2O3/c1-2-10(14)13-12-7-8-5-3-4-6-9(8)11(15)16/h3-7,15-16H,2H2,1H3,(H,13,14)/b12-7+. The number of hydrogen-bond acceptors (Lipinski definition) is 4. The minimum absolute atomic E-state index is 0.196. The van der Waals surface area contributed by atoms with Crippen molar-refractivity contribution < 1.29 is 14.8 Å². The summed E-state index contributed by atoms with van der Waals surface area (Å²) in [4.78, 5) is 10.9. The van der Waals surface area contributed by atoms with Gasteiger partial charge in [-0.25, -0.2) is 5.43 Å². The number of rotatable bonds is 4. The molecule has 0 aliphatic carbocycles. The summed E-state index contributed by atoms with van der Waals surface area (Å²) in [5, 5.41) is 21.8. The first kappa shape index (κ1) is 12.4. The first-order chi connectivity index (χ1) is 7.65. The summed E-state index contributed by atoms with van der Waals surface area (Å²) in [6, 6.07) is 6.69. The molecular weight excluding hydrogens is 207 g/mol. The van der Waals surface area contributed by atoms with Crippen molar-refractivity contribution in [2.24, 2.45) is 5.10 Å². The van der Waals surface area contributed by atoms with Gasteiger partial charge in [-0.3, -0.25) is 4.79 Å². The predicted molar refractivity (Wildman–Crippen MR) is 62.3 cm³/mol. The van der Waals surface area contributed by atoms with E-state index >= 15 is 0 Å². The predicted octanol–water partition coefficient (Wildman–Crippen LogP) is -0.773. The first-order valence-corrected chi connectivity index (χ1v) is 4.92. The molecule has 1 aromatic carbocycles. The molecule has 6 heteroatoms. The van der Waals surface area contributed by atoms with Crippen LogP contribution < -0.4 is 10.9 Å². The van der Waals surface area contributed by atoms with Crippen LogP contribution in [-0.4, -0.2) is 29.3 Å². The van der Waals surface area contributed by atoms with Crippen molar-refractivity contribution in [2.45, 2.75) is 13.3 Å². The van der Waals surface area contributed by atoms with Gasteiger partial charge in [0, 0.05) is 6.42 Å². The number of nitrogens with one attached hydrogen (secondary N) is 1. The highest BCUT2D eigenvalue weighted by molar-refractivity contribution is 6.60. The largest absolute Gasteiger partial charge is 0.489 e. The Hall–Kier alpha value is -1.66. The first-order valence-electron chi connectivity index (χ1n) is 4.92. The Bertz CT molecular complexity index is 393. The summed E-state index contributed by atoms with van der Waals surface area (Å²) in [7, 11) is -1.55. The highest BCUT2D eigenvalue weighted by atomic mass is 16.4. The highest BCUT2D eigenvalue weighted by Gasteiger charge is 2.13. The third kappa shape index (κ3) is 3.49. The molecule has 0 saturated heterocycles. The van der Waals surface area contributed by atoms with Crippen molar-refractivity contribution in [3.05, 3.63) is 29.8 Å². The number of nitrogens with zero attached hydrogens (tertiary/aromatic N) is 1. The maximum atomic E-state index is 10.9. The van der Waals surface area contributed by atoms with Crippen LogP contribution in [0.4, 0.5) is 0 Å².